The highest BCUT2D eigenvalue weighted by Crippen LogP contribution is 2.43. The Morgan fingerprint density at radius 1 is 0.438 bits per heavy atom. The van der Waals surface area contributed by atoms with Gasteiger partial charge in [-0.05, 0) is 57.3 Å². The number of fused-ring (bicyclic) bond motifs is 8. The number of benzene rings is 7. The fourth-order valence-electron chi connectivity index (χ4n) is 6.99. The summed E-state index contributed by atoms with van der Waals surface area (Å²) >= 11 is 1.75. The standard InChI is InChI=1S/C44H26N2OS/c1-3-11-27(12-4-1)28-19-21-29(22-20-28)31-23-24-37-36(25-31)40-33-16-8-7-15-32(33)35(26-38(40)47-37)44-45-41(30-13-5-2-6-14-30)43-42(46-44)34-17-9-10-18-39(34)48-43/h1-26H. The summed E-state index contributed by atoms with van der Waals surface area (Å²) in [5.41, 5.74) is 10.4. The van der Waals surface area contributed by atoms with Gasteiger partial charge in [-0.15, -0.1) is 11.3 Å². The van der Waals surface area contributed by atoms with Crippen LogP contribution in [0.25, 0.3) is 97.9 Å². The molecule has 0 bridgehead atoms. The Hall–Kier alpha value is -6.10. The molecule has 0 fully saturated rings. The number of aromatic nitrogens is 2. The average Bonchev–Trinajstić information content (AvgIpc) is 3.73. The van der Waals surface area contributed by atoms with Crippen LogP contribution in [-0.2, 0) is 0 Å². The Labute approximate surface area is 280 Å². The molecule has 10 rings (SSSR count). The zero-order valence-electron chi connectivity index (χ0n) is 25.7. The molecule has 0 amide bonds. The summed E-state index contributed by atoms with van der Waals surface area (Å²) in [6.45, 7) is 0. The van der Waals surface area contributed by atoms with Crippen molar-refractivity contribution in [3.05, 3.63) is 158 Å². The highest BCUT2D eigenvalue weighted by molar-refractivity contribution is 7.26. The van der Waals surface area contributed by atoms with Crippen molar-refractivity contribution in [2.45, 2.75) is 0 Å². The van der Waals surface area contributed by atoms with Crippen LogP contribution in [-0.4, -0.2) is 9.97 Å². The first-order valence-corrected chi connectivity index (χ1v) is 16.9. The number of hydrogen-bond donors (Lipinski definition) is 0. The van der Waals surface area contributed by atoms with Gasteiger partial charge in [0.1, 0.15) is 11.2 Å². The number of rotatable bonds is 4. The summed E-state index contributed by atoms with van der Waals surface area (Å²) in [5.74, 6) is 0.697. The molecule has 10 aromatic rings. The van der Waals surface area contributed by atoms with E-state index in [2.05, 4.69) is 146 Å². The van der Waals surface area contributed by atoms with Crippen LogP contribution < -0.4 is 0 Å². The van der Waals surface area contributed by atoms with Crippen LogP contribution in [0.4, 0.5) is 0 Å². The van der Waals surface area contributed by atoms with E-state index < -0.39 is 0 Å². The molecule has 48 heavy (non-hydrogen) atoms. The highest BCUT2D eigenvalue weighted by atomic mass is 32.1. The third-order valence-electron chi connectivity index (χ3n) is 9.31. The van der Waals surface area contributed by atoms with Crippen LogP contribution in [0.1, 0.15) is 0 Å². The van der Waals surface area contributed by atoms with Crippen molar-refractivity contribution >= 4 is 64.4 Å². The van der Waals surface area contributed by atoms with E-state index in [4.69, 9.17) is 14.4 Å². The third-order valence-corrected chi connectivity index (χ3v) is 10.5. The quantitative estimate of drug-likeness (QED) is 0.194. The number of thiophene rings is 1. The van der Waals surface area contributed by atoms with Crippen molar-refractivity contribution in [1.82, 2.24) is 9.97 Å². The first-order chi connectivity index (χ1) is 23.8. The van der Waals surface area contributed by atoms with Gasteiger partial charge >= 0.3 is 0 Å². The largest absolute Gasteiger partial charge is 0.456 e. The van der Waals surface area contributed by atoms with Gasteiger partial charge in [0.05, 0.1) is 15.9 Å². The molecule has 0 saturated carbocycles. The first kappa shape index (κ1) is 27.1. The molecule has 224 valence electrons. The van der Waals surface area contributed by atoms with Crippen LogP contribution in [0.2, 0.25) is 0 Å². The molecule has 0 saturated heterocycles. The summed E-state index contributed by atoms with van der Waals surface area (Å²) in [6.07, 6.45) is 0. The maximum atomic E-state index is 6.59. The van der Waals surface area contributed by atoms with Gasteiger partial charge in [-0.3, -0.25) is 0 Å². The number of nitrogens with zero attached hydrogens (tertiary/aromatic N) is 2. The number of hydrogen-bond acceptors (Lipinski definition) is 4. The fourth-order valence-corrected chi connectivity index (χ4v) is 8.15. The van der Waals surface area contributed by atoms with E-state index in [-0.39, 0.29) is 0 Å². The predicted molar refractivity (Wildman–Crippen MR) is 201 cm³/mol. The van der Waals surface area contributed by atoms with Gasteiger partial charge in [-0.25, -0.2) is 9.97 Å². The van der Waals surface area contributed by atoms with E-state index in [1.165, 1.54) is 21.4 Å². The van der Waals surface area contributed by atoms with Crippen molar-refractivity contribution in [2.75, 3.05) is 0 Å². The molecule has 3 nitrogen and oxygen atoms in total. The van der Waals surface area contributed by atoms with Gasteiger partial charge in [0, 0.05) is 32.0 Å². The lowest BCUT2D eigenvalue weighted by molar-refractivity contribution is 0.669. The summed E-state index contributed by atoms with van der Waals surface area (Å²) in [6, 6.07) is 55.4. The van der Waals surface area contributed by atoms with Crippen molar-refractivity contribution in [1.29, 1.82) is 0 Å². The normalized spacial score (nSPS) is 11.8. The summed E-state index contributed by atoms with van der Waals surface area (Å²) in [7, 11) is 0. The zero-order chi connectivity index (χ0) is 31.6. The van der Waals surface area contributed by atoms with E-state index in [9.17, 15) is 0 Å². The average molecular weight is 631 g/mol. The van der Waals surface area contributed by atoms with Gasteiger partial charge < -0.3 is 4.42 Å². The molecule has 0 aliphatic carbocycles. The van der Waals surface area contributed by atoms with Crippen molar-refractivity contribution in [2.24, 2.45) is 0 Å². The maximum Gasteiger partial charge on any atom is 0.161 e. The van der Waals surface area contributed by atoms with Gasteiger partial charge in [-0.1, -0.05) is 133 Å². The Morgan fingerprint density at radius 3 is 1.81 bits per heavy atom. The Bertz CT molecular complexity index is 2820. The monoisotopic (exact) mass is 630 g/mol. The van der Waals surface area contributed by atoms with E-state index in [0.717, 1.165) is 70.7 Å². The Balaban J connectivity index is 1.18. The Morgan fingerprint density at radius 2 is 1.04 bits per heavy atom. The lowest BCUT2D eigenvalue weighted by Gasteiger charge is -2.10. The highest BCUT2D eigenvalue weighted by Gasteiger charge is 2.20. The van der Waals surface area contributed by atoms with E-state index in [0.29, 0.717) is 5.82 Å². The predicted octanol–water partition coefficient (Wildman–Crippen LogP) is 12.6. The fraction of sp³-hybridized carbons (Fsp3) is 0. The second kappa shape index (κ2) is 10.7. The molecule has 3 aromatic heterocycles. The molecule has 0 aliphatic heterocycles. The van der Waals surface area contributed by atoms with E-state index in [1.54, 1.807) is 11.3 Å². The minimum Gasteiger partial charge on any atom is -0.456 e. The van der Waals surface area contributed by atoms with E-state index in [1.807, 2.05) is 12.1 Å². The minimum atomic E-state index is 0.697. The lowest BCUT2D eigenvalue weighted by atomic mass is 9.96. The van der Waals surface area contributed by atoms with Crippen molar-refractivity contribution < 1.29 is 4.42 Å². The first-order valence-electron chi connectivity index (χ1n) is 16.1. The second-order valence-electron chi connectivity index (χ2n) is 12.1. The summed E-state index contributed by atoms with van der Waals surface area (Å²) < 4.78 is 8.90. The number of furan rings is 1. The molecular formula is C44H26N2OS. The van der Waals surface area contributed by atoms with Crippen LogP contribution >= 0.6 is 11.3 Å². The molecule has 3 heterocycles. The lowest BCUT2D eigenvalue weighted by Crippen LogP contribution is -1.94. The van der Waals surface area contributed by atoms with Crippen LogP contribution in [0.15, 0.2) is 162 Å². The smallest absolute Gasteiger partial charge is 0.161 e. The minimum absolute atomic E-state index is 0.697. The molecule has 0 atom stereocenters. The van der Waals surface area contributed by atoms with E-state index >= 15 is 0 Å². The zero-order valence-corrected chi connectivity index (χ0v) is 26.5. The molecule has 0 radical (unpaired) electrons. The summed E-state index contributed by atoms with van der Waals surface area (Å²) in [4.78, 5) is 10.6. The van der Waals surface area contributed by atoms with Crippen LogP contribution in [0.3, 0.4) is 0 Å². The summed E-state index contributed by atoms with van der Waals surface area (Å²) in [5, 5.41) is 5.58. The molecule has 0 aliphatic rings. The molecule has 0 spiro atoms. The second-order valence-corrected chi connectivity index (χ2v) is 13.2. The van der Waals surface area contributed by atoms with Gasteiger partial charge in [0.2, 0.25) is 0 Å². The van der Waals surface area contributed by atoms with Crippen molar-refractivity contribution in [3.63, 3.8) is 0 Å². The maximum absolute atomic E-state index is 6.59. The molecule has 7 aromatic carbocycles. The molecule has 0 unspecified atom stereocenters. The Kier molecular flexibility index (Phi) is 6.05. The SMILES string of the molecule is c1ccc(-c2ccc(-c3ccc4oc5cc(-c6nc(-c7ccccc7)c7sc8ccccc8c7n6)c6ccccc6c5c4c3)cc2)cc1. The van der Waals surface area contributed by atoms with Crippen LogP contribution in [0.5, 0.6) is 0 Å². The van der Waals surface area contributed by atoms with Crippen molar-refractivity contribution in [3.8, 4) is 44.9 Å². The third kappa shape index (κ3) is 4.27. The van der Waals surface area contributed by atoms with Gasteiger partial charge in [0.15, 0.2) is 5.82 Å². The van der Waals surface area contributed by atoms with Gasteiger partial charge in [-0.2, -0.15) is 0 Å². The van der Waals surface area contributed by atoms with Gasteiger partial charge in [0.25, 0.3) is 0 Å². The molecule has 0 N–H and O–H groups in total. The topological polar surface area (TPSA) is 38.9 Å². The van der Waals surface area contributed by atoms with Crippen LogP contribution in [0, 0.1) is 0 Å². The molecular weight excluding hydrogens is 605 g/mol. The molecule has 4 heteroatoms.